The van der Waals surface area contributed by atoms with Crippen molar-refractivity contribution in [1.82, 2.24) is 20.0 Å². The van der Waals surface area contributed by atoms with E-state index in [1.54, 1.807) is 18.7 Å². The van der Waals surface area contributed by atoms with Gasteiger partial charge in [0.1, 0.15) is 11.2 Å². The Morgan fingerprint density at radius 2 is 1.85 bits per heavy atom. The molecule has 0 radical (unpaired) electrons. The molecule has 34 heavy (non-hydrogen) atoms. The van der Waals surface area contributed by atoms with Crippen LogP contribution in [0.3, 0.4) is 0 Å². The highest BCUT2D eigenvalue weighted by Crippen LogP contribution is 2.30. The zero-order valence-corrected chi connectivity index (χ0v) is 20.5. The number of rotatable bonds is 7. The standard InChI is InChI=1S/C25H25BrN4O4/c1-3-34-23(32)20-13-21-22(31)29(15-18-10-7-11-19(26)12-18)25(2,16-30(21)28-20)24(33)27-14-17-8-5-4-6-9-17/h4-13H,3,14-16H2,1-2H3,(H,27,33)/t25-/m0/s1. The van der Waals surface area contributed by atoms with E-state index in [0.29, 0.717) is 6.54 Å². The predicted octanol–water partition coefficient (Wildman–Crippen LogP) is 3.55. The Morgan fingerprint density at radius 3 is 2.56 bits per heavy atom. The highest BCUT2D eigenvalue weighted by Gasteiger charge is 2.48. The normalized spacial score (nSPS) is 17.3. The first-order valence-corrected chi connectivity index (χ1v) is 11.7. The third-order valence-electron chi connectivity index (χ3n) is 5.80. The maximum Gasteiger partial charge on any atom is 0.358 e. The first-order valence-electron chi connectivity index (χ1n) is 11.0. The number of amides is 2. The van der Waals surface area contributed by atoms with Crippen molar-refractivity contribution in [3.8, 4) is 0 Å². The Kier molecular flexibility index (Phi) is 6.83. The SMILES string of the molecule is CCOC(=O)c1cc2n(n1)C[C@@](C)(C(=O)NCc1ccccc1)N(Cc1cccc(Br)c1)C2=O. The fraction of sp³-hybridized carbons (Fsp3) is 0.280. The number of carbonyl (C=O) groups is 3. The van der Waals surface area contributed by atoms with E-state index in [0.717, 1.165) is 15.6 Å². The van der Waals surface area contributed by atoms with Gasteiger partial charge in [-0.1, -0.05) is 58.4 Å². The minimum atomic E-state index is -1.24. The lowest BCUT2D eigenvalue weighted by molar-refractivity contribution is -0.133. The minimum Gasteiger partial charge on any atom is -0.461 e. The summed E-state index contributed by atoms with van der Waals surface area (Å²) >= 11 is 3.46. The molecule has 2 heterocycles. The summed E-state index contributed by atoms with van der Waals surface area (Å²) in [6.45, 7) is 4.26. The zero-order chi connectivity index (χ0) is 24.3. The van der Waals surface area contributed by atoms with Crippen LogP contribution in [0.15, 0.2) is 65.1 Å². The van der Waals surface area contributed by atoms with Crippen LogP contribution in [0.25, 0.3) is 0 Å². The molecule has 176 valence electrons. The van der Waals surface area contributed by atoms with Crippen molar-refractivity contribution in [1.29, 1.82) is 0 Å². The number of nitrogens with one attached hydrogen (secondary N) is 1. The molecule has 4 rings (SSSR count). The van der Waals surface area contributed by atoms with Crippen LogP contribution in [0.4, 0.5) is 0 Å². The van der Waals surface area contributed by atoms with Crippen molar-refractivity contribution in [2.24, 2.45) is 0 Å². The molecule has 1 aromatic heterocycles. The van der Waals surface area contributed by atoms with E-state index in [1.165, 1.54) is 10.7 Å². The van der Waals surface area contributed by atoms with Gasteiger partial charge in [0.2, 0.25) is 5.91 Å². The highest BCUT2D eigenvalue weighted by atomic mass is 79.9. The Labute approximate surface area is 206 Å². The van der Waals surface area contributed by atoms with E-state index < -0.39 is 11.5 Å². The van der Waals surface area contributed by atoms with Gasteiger partial charge in [0, 0.05) is 23.6 Å². The van der Waals surface area contributed by atoms with Crippen LogP contribution in [0.5, 0.6) is 0 Å². The Balaban J connectivity index is 1.68. The molecule has 0 unspecified atom stereocenters. The van der Waals surface area contributed by atoms with Crippen LogP contribution in [-0.2, 0) is 29.2 Å². The Hall–Kier alpha value is -3.46. The van der Waals surface area contributed by atoms with Crippen LogP contribution < -0.4 is 5.32 Å². The lowest BCUT2D eigenvalue weighted by Gasteiger charge is -2.43. The molecule has 2 amide bonds. The van der Waals surface area contributed by atoms with Crippen molar-refractivity contribution in [2.45, 2.75) is 39.0 Å². The average Bonchev–Trinajstić information content (AvgIpc) is 3.25. The molecule has 0 bridgehead atoms. The van der Waals surface area contributed by atoms with Gasteiger partial charge in [-0.3, -0.25) is 14.3 Å². The summed E-state index contributed by atoms with van der Waals surface area (Å²) in [5, 5.41) is 7.24. The molecule has 0 saturated carbocycles. The number of ether oxygens (including phenoxy) is 1. The van der Waals surface area contributed by atoms with E-state index in [4.69, 9.17) is 4.74 Å². The second-order valence-corrected chi connectivity index (χ2v) is 9.17. The fourth-order valence-corrected chi connectivity index (χ4v) is 4.43. The third-order valence-corrected chi connectivity index (χ3v) is 6.29. The van der Waals surface area contributed by atoms with Gasteiger partial charge >= 0.3 is 5.97 Å². The molecule has 1 atom stereocenters. The maximum atomic E-state index is 13.6. The monoisotopic (exact) mass is 524 g/mol. The topological polar surface area (TPSA) is 93.5 Å². The molecule has 0 spiro atoms. The molecule has 0 fully saturated rings. The molecular formula is C25H25BrN4O4. The molecule has 1 N–H and O–H groups in total. The Bertz CT molecular complexity index is 1230. The summed E-state index contributed by atoms with van der Waals surface area (Å²) in [6.07, 6.45) is 0. The van der Waals surface area contributed by atoms with Crippen molar-refractivity contribution in [3.63, 3.8) is 0 Å². The first kappa shape index (κ1) is 23.7. The summed E-state index contributed by atoms with van der Waals surface area (Å²) in [4.78, 5) is 40.9. The minimum absolute atomic E-state index is 0.0431. The van der Waals surface area contributed by atoms with Crippen molar-refractivity contribution < 1.29 is 19.1 Å². The van der Waals surface area contributed by atoms with E-state index >= 15 is 0 Å². The number of hydrogen-bond donors (Lipinski definition) is 1. The van der Waals surface area contributed by atoms with Crippen LogP contribution in [0.1, 0.15) is 46.0 Å². The predicted molar refractivity (Wildman–Crippen MR) is 129 cm³/mol. The lowest BCUT2D eigenvalue weighted by atomic mass is 9.94. The second kappa shape index (κ2) is 9.80. The zero-order valence-electron chi connectivity index (χ0n) is 19.0. The summed E-state index contributed by atoms with van der Waals surface area (Å²) in [7, 11) is 0. The Morgan fingerprint density at radius 1 is 1.12 bits per heavy atom. The molecule has 9 heteroatoms. The number of halogens is 1. The van der Waals surface area contributed by atoms with E-state index in [9.17, 15) is 14.4 Å². The largest absolute Gasteiger partial charge is 0.461 e. The number of nitrogens with zero attached hydrogens (tertiary/aromatic N) is 3. The maximum absolute atomic E-state index is 13.6. The van der Waals surface area contributed by atoms with Crippen LogP contribution in [-0.4, -0.2) is 44.6 Å². The number of carbonyl (C=O) groups excluding carboxylic acids is 3. The molecule has 1 aliphatic heterocycles. The van der Waals surface area contributed by atoms with Gasteiger partial charge in [-0.2, -0.15) is 5.10 Å². The number of esters is 1. The van der Waals surface area contributed by atoms with E-state index in [-0.39, 0.29) is 42.9 Å². The van der Waals surface area contributed by atoms with Gasteiger partial charge < -0.3 is 15.0 Å². The fourth-order valence-electron chi connectivity index (χ4n) is 3.98. The second-order valence-electron chi connectivity index (χ2n) is 8.26. The van der Waals surface area contributed by atoms with Gasteiger partial charge in [-0.05, 0) is 37.1 Å². The van der Waals surface area contributed by atoms with Gasteiger partial charge in [0.15, 0.2) is 5.69 Å². The molecule has 2 aromatic carbocycles. The van der Waals surface area contributed by atoms with Crippen LogP contribution in [0, 0.1) is 0 Å². The van der Waals surface area contributed by atoms with Crippen LogP contribution in [0.2, 0.25) is 0 Å². The number of fused-ring (bicyclic) bond motifs is 1. The number of aromatic nitrogens is 2. The van der Waals surface area contributed by atoms with E-state index in [1.807, 2.05) is 54.6 Å². The summed E-state index contributed by atoms with van der Waals surface area (Å²) in [5.41, 5.74) is 0.861. The first-order chi connectivity index (χ1) is 16.3. The highest BCUT2D eigenvalue weighted by molar-refractivity contribution is 9.10. The summed E-state index contributed by atoms with van der Waals surface area (Å²) < 4.78 is 7.34. The smallest absolute Gasteiger partial charge is 0.358 e. The van der Waals surface area contributed by atoms with Crippen molar-refractivity contribution in [3.05, 3.63) is 87.7 Å². The number of benzene rings is 2. The van der Waals surface area contributed by atoms with Crippen LogP contribution >= 0.6 is 15.9 Å². The van der Waals surface area contributed by atoms with E-state index in [2.05, 4.69) is 26.3 Å². The van der Waals surface area contributed by atoms with Gasteiger partial charge in [0.25, 0.3) is 5.91 Å². The lowest BCUT2D eigenvalue weighted by Crippen LogP contribution is -2.63. The van der Waals surface area contributed by atoms with Crippen molar-refractivity contribution in [2.75, 3.05) is 6.61 Å². The third kappa shape index (κ3) is 4.75. The molecule has 3 aromatic rings. The molecule has 8 nitrogen and oxygen atoms in total. The van der Waals surface area contributed by atoms with Gasteiger partial charge in [-0.25, -0.2) is 4.79 Å². The van der Waals surface area contributed by atoms with Crippen molar-refractivity contribution >= 4 is 33.7 Å². The number of hydrogen-bond acceptors (Lipinski definition) is 5. The summed E-state index contributed by atoms with van der Waals surface area (Å²) in [6, 6.07) is 18.6. The molecule has 0 saturated heterocycles. The molecule has 1 aliphatic rings. The summed E-state index contributed by atoms with van der Waals surface area (Å²) in [5.74, 6) is -1.30. The van der Waals surface area contributed by atoms with Gasteiger partial charge in [-0.15, -0.1) is 0 Å². The average molecular weight is 525 g/mol. The van der Waals surface area contributed by atoms with Gasteiger partial charge in [0.05, 0.1) is 13.2 Å². The quantitative estimate of drug-likeness (QED) is 0.477. The molecule has 0 aliphatic carbocycles. The molecular weight excluding hydrogens is 500 g/mol.